The normalized spacial score (nSPS) is 18.6. The molecule has 0 bridgehead atoms. The standard InChI is InChI=1S/C20H23N3O2S/c24-17(12-16-13-26-19(22-16)23-11-4-8-18(23)25)21-14-20(9-5-10-20)15-6-2-1-3-7-15/h1-3,6-7,13H,4-5,8-12,14H2,(H,21,24). The van der Waals surface area contributed by atoms with Gasteiger partial charge in [0.05, 0.1) is 12.1 Å². The number of benzene rings is 1. The molecule has 2 fully saturated rings. The van der Waals surface area contributed by atoms with Gasteiger partial charge in [-0.25, -0.2) is 4.98 Å². The fraction of sp³-hybridized carbons (Fsp3) is 0.450. The van der Waals surface area contributed by atoms with Gasteiger partial charge < -0.3 is 5.32 Å². The number of nitrogens with zero attached hydrogens (tertiary/aromatic N) is 2. The highest BCUT2D eigenvalue weighted by atomic mass is 32.1. The van der Waals surface area contributed by atoms with Gasteiger partial charge >= 0.3 is 0 Å². The van der Waals surface area contributed by atoms with Crippen LogP contribution in [0, 0.1) is 0 Å². The lowest BCUT2D eigenvalue weighted by molar-refractivity contribution is -0.121. The maximum atomic E-state index is 12.4. The molecule has 0 atom stereocenters. The Labute approximate surface area is 157 Å². The van der Waals surface area contributed by atoms with Crippen LogP contribution < -0.4 is 10.2 Å². The Morgan fingerprint density at radius 2 is 2.04 bits per heavy atom. The van der Waals surface area contributed by atoms with E-state index in [1.54, 1.807) is 4.90 Å². The first kappa shape index (κ1) is 17.2. The van der Waals surface area contributed by atoms with E-state index in [1.807, 2.05) is 11.4 Å². The maximum absolute atomic E-state index is 12.4. The summed E-state index contributed by atoms with van der Waals surface area (Å²) in [7, 11) is 0. The number of aromatic nitrogens is 1. The van der Waals surface area contributed by atoms with Crippen molar-refractivity contribution in [3.63, 3.8) is 0 Å². The summed E-state index contributed by atoms with van der Waals surface area (Å²) in [6.45, 7) is 1.41. The van der Waals surface area contributed by atoms with Crippen LogP contribution in [0.25, 0.3) is 0 Å². The molecular weight excluding hydrogens is 346 g/mol. The summed E-state index contributed by atoms with van der Waals surface area (Å²) >= 11 is 1.44. The molecule has 2 heterocycles. The van der Waals surface area contributed by atoms with Gasteiger partial charge in [0.2, 0.25) is 11.8 Å². The molecule has 1 aliphatic heterocycles. The second-order valence-corrected chi connectivity index (χ2v) is 8.06. The highest BCUT2D eigenvalue weighted by Crippen LogP contribution is 2.43. The van der Waals surface area contributed by atoms with Gasteiger partial charge in [0, 0.05) is 30.3 Å². The molecule has 2 aliphatic rings. The summed E-state index contributed by atoms with van der Waals surface area (Å²) in [5.41, 5.74) is 2.14. The zero-order chi connectivity index (χ0) is 18.0. The van der Waals surface area contributed by atoms with Crippen LogP contribution in [-0.4, -0.2) is 29.9 Å². The van der Waals surface area contributed by atoms with Crippen LogP contribution >= 0.6 is 11.3 Å². The summed E-state index contributed by atoms with van der Waals surface area (Å²) in [4.78, 5) is 30.4. The molecule has 136 valence electrons. The predicted octanol–water partition coefficient (Wildman–Crippen LogP) is 3.05. The third kappa shape index (κ3) is 3.38. The van der Waals surface area contributed by atoms with Crippen molar-refractivity contribution in [1.29, 1.82) is 0 Å². The first-order valence-electron chi connectivity index (χ1n) is 9.23. The lowest BCUT2D eigenvalue weighted by atomic mass is 9.64. The third-order valence-corrected chi connectivity index (χ3v) is 6.42. The second kappa shape index (κ2) is 7.19. The van der Waals surface area contributed by atoms with Crippen molar-refractivity contribution in [1.82, 2.24) is 10.3 Å². The first-order valence-corrected chi connectivity index (χ1v) is 10.1. The number of rotatable bonds is 6. The lowest BCUT2D eigenvalue weighted by Gasteiger charge is -2.42. The molecule has 1 N–H and O–H groups in total. The number of carbonyl (C=O) groups excluding carboxylic acids is 2. The van der Waals surface area contributed by atoms with E-state index in [1.165, 1.54) is 23.3 Å². The predicted molar refractivity (Wildman–Crippen MR) is 102 cm³/mol. The Kier molecular flexibility index (Phi) is 4.76. The van der Waals surface area contributed by atoms with Crippen molar-refractivity contribution in [2.24, 2.45) is 0 Å². The average Bonchev–Trinajstić information content (AvgIpc) is 3.23. The first-order chi connectivity index (χ1) is 12.7. The van der Waals surface area contributed by atoms with Crippen LogP contribution in [-0.2, 0) is 21.4 Å². The van der Waals surface area contributed by atoms with Crippen molar-refractivity contribution >= 4 is 28.3 Å². The van der Waals surface area contributed by atoms with Crippen LogP contribution in [0.4, 0.5) is 5.13 Å². The lowest BCUT2D eigenvalue weighted by Crippen LogP contribution is -2.45. The SMILES string of the molecule is O=C(Cc1csc(N2CCCC2=O)n1)NCC1(c2ccccc2)CCC1. The highest BCUT2D eigenvalue weighted by Gasteiger charge is 2.38. The zero-order valence-electron chi connectivity index (χ0n) is 14.7. The van der Waals surface area contributed by atoms with Crippen LogP contribution in [0.5, 0.6) is 0 Å². The number of amides is 2. The van der Waals surface area contributed by atoms with Crippen molar-refractivity contribution < 1.29 is 9.59 Å². The topological polar surface area (TPSA) is 62.3 Å². The van der Waals surface area contributed by atoms with Gasteiger partial charge in [0.15, 0.2) is 5.13 Å². The van der Waals surface area contributed by atoms with Crippen molar-refractivity contribution in [3.05, 3.63) is 47.0 Å². The van der Waals surface area contributed by atoms with Gasteiger partial charge in [-0.1, -0.05) is 36.8 Å². The van der Waals surface area contributed by atoms with Crippen molar-refractivity contribution in [3.8, 4) is 0 Å². The minimum absolute atomic E-state index is 0.00296. The van der Waals surface area contributed by atoms with E-state index in [0.29, 0.717) is 13.0 Å². The molecule has 0 spiro atoms. The smallest absolute Gasteiger partial charge is 0.228 e. The monoisotopic (exact) mass is 369 g/mol. The van der Waals surface area contributed by atoms with Gasteiger partial charge in [0.1, 0.15) is 0 Å². The molecule has 4 rings (SSSR count). The molecule has 1 aliphatic carbocycles. The molecule has 1 aromatic carbocycles. The van der Waals surface area contributed by atoms with Crippen LogP contribution in [0.3, 0.4) is 0 Å². The minimum atomic E-state index is -0.00296. The van der Waals surface area contributed by atoms with Crippen molar-refractivity contribution in [2.75, 3.05) is 18.0 Å². The molecular formula is C20H23N3O2S. The number of hydrogen-bond donors (Lipinski definition) is 1. The summed E-state index contributed by atoms with van der Waals surface area (Å²) in [5.74, 6) is 0.127. The Bertz CT molecular complexity index is 798. The molecule has 5 nitrogen and oxygen atoms in total. The zero-order valence-corrected chi connectivity index (χ0v) is 15.6. The Hall–Kier alpha value is -2.21. The van der Waals surface area contributed by atoms with Crippen LogP contribution in [0.15, 0.2) is 35.7 Å². The number of carbonyl (C=O) groups is 2. The summed E-state index contributed by atoms with van der Waals surface area (Å²) < 4.78 is 0. The molecule has 6 heteroatoms. The molecule has 2 amide bonds. The molecule has 1 aromatic heterocycles. The van der Waals surface area contributed by atoms with E-state index in [0.717, 1.165) is 36.6 Å². The maximum Gasteiger partial charge on any atom is 0.228 e. The molecule has 26 heavy (non-hydrogen) atoms. The molecule has 0 radical (unpaired) electrons. The van der Waals surface area contributed by atoms with E-state index in [-0.39, 0.29) is 23.7 Å². The number of anilines is 1. The number of hydrogen-bond acceptors (Lipinski definition) is 4. The van der Waals surface area contributed by atoms with Gasteiger partial charge in [-0.3, -0.25) is 14.5 Å². The fourth-order valence-electron chi connectivity index (χ4n) is 3.81. The van der Waals surface area contributed by atoms with E-state index < -0.39 is 0 Å². The van der Waals surface area contributed by atoms with Gasteiger partial charge in [-0.2, -0.15) is 0 Å². The Morgan fingerprint density at radius 1 is 1.23 bits per heavy atom. The van der Waals surface area contributed by atoms with Crippen molar-refractivity contribution in [2.45, 2.75) is 43.9 Å². The van der Waals surface area contributed by atoms with Gasteiger partial charge in [-0.05, 0) is 24.8 Å². The second-order valence-electron chi connectivity index (χ2n) is 7.22. The molecule has 1 saturated carbocycles. The average molecular weight is 369 g/mol. The quantitative estimate of drug-likeness (QED) is 0.851. The molecule has 2 aromatic rings. The Morgan fingerprint density at radius 3 is 2.69 bits per heavy atom. The van der Waals surface area contributed by atoms with Crippen LogP contribution in [0.1, 0.15) is 43.4 Å². The van der Waals surface area contributed by atoms with Gasteiger partial charge in [0.25, 0.3) is 0 Å². The van der Waals surface area contributed by atoms with Crippen LogP contribution in [0.2, 0.25) is 0 Å². The van der Waals surface area contributed by atoms with Gasteiger partial charge in [-0.15, -0.1) is 11.3 Å². The molecule has 1 saturated heterocycles. The third-order valence-electron chi connectivity index (χ3n) is 5.51. The highest BCUT2D eigenvalue weighted by molar-refractivity contribution is 7.14. The largest absolute Gasteiger partial charge is 0.355 e. The summed E-state index contributed by atoms with van der Waals surface area (Å²) in [6.07, 6.45) is 5.20. The minimum Gasteiger partial charge on any atom is -0.355 e. The summed E-state index contributed by atoms with van der Waals surface area (Å²) in [5, 5.41) is 5.71. The van der Waals surface area contributed by atoms with E-state index >= 15 is 0 Å². The molecule has 0 unspecified atom stereocenters. The number of nitrogens with one attached hydrogen (secondary N) is 1. The van der Waals surface area contributed by atoms with E-state index in [2.05, 4.69) is 34.6 Å². The van der Waals surface area contributed by atoms with E-state index in [4.69, 9.17) is 0 Å². The summed E-state index contributed by atoms with van der Waals surface area (Å²) in [6, 6.07) is 10.5. The van der Waals surface area contributed by atoms with E-state index in [9.17, 15) is 9.59 Å². The Balaban J connectivity index is 1.34. The fourth-order valence-corrected chi connectivity index (χ4v) is 4.68. The number of thiazole rings is 1.